The Bertz CT molecular complexity index is 621. The van der Waals surface area contributed by atoms with Gasteiger partial charge in [-0.3, -0.25) is 14.9 Å². The van der Waals surface area contributed by atoms with Crippen molar-refractivity contribution in [3.05, 3.63) is 57.0 Å². The summed E-state index contributed by atoms with van der Waals surface area (Å²) >= 11 is 0.892. The minimum atomic E-state index is -0.495. The zero-order valence-corrected chi connectivity index (χ0v) is 11.0. The maximum atomic E-state index is 12.1. The van der Waals surface area contributed by atoms with E-state index in [4.69, 9.17) is 4.74 Å². The first-order chi connectivity index (χ1) is 9.11. The van der Waals surface area contributed by atoms with Gasteiger partial charge in [0.05, 0.1) is 16.9 Å². The first kappa shape index (κ1) is 13.2. The van der Waals surface area contributed by atoms with Crippen LogP contribution < -0.4 is 4.74 Å². The standard InChI is InChI=1S/C13H11NO4S/c1-18-11-5-3-2-4-9(11)8-10(15)12-6-7-13(19-12)14(16)17/h2-7H,8H2,1H3. The average molecular weight is 277 g/mol. The number of carbonyl (C=O) groups is 1. The number of para-hydroxylation sites is 1. The predicted octanol–water partition coefficient (Wildman–Crippen LogP) is 3.09. The first-order valence-electron chi connectivity index (χ1n) is 5.51. The summed E-state index contributed by atoms with van der Waals surface area (Å²) < 4.78 is 5.17. The van der Waals surface area contributed by atoms with Crippen molar-refractivity contribution in [3.8, 4) is 5.75 Å². The van der Waals surface area contributed by atoms with Gasteiger partial charge in [-0.15, -0.1) is 0 Å². The highest BCUT2D eigenvalue weighted by atomic mass is 32.1. The molecule has 0 N–H and O–H groups in total. The summed E-state index contributed by atoms with van der Waals surface area (Å²) in [7, 11) is 1.54. The number of hydrogen-bond acceptors (Lipinski definition) is 5. The number of rotatable bonds is 5. The highest BCUT2D eigenvalue weighted by Crippen LogP contribution is 2.26. The SMILES string of the molecule is COc1ccccc1CC(=O)c1ccc([N+](=O)[O-])s1. The number of methoxy groups -OCH3 is 1. The molecule has 19 heavy (non-hydrogen) atoms. The van der Waals surface area contributed by atoms with Crippen molar-refractivity contribution < 1.29 is 14.5 Å². The molecule has 0 saturated heterocycles. The van der Waals surface area contributed by atoms with E-state index < -0.39 is 4.92 Å². The molecule has 0 saturated carbocycles. The summed E-state index contributed by atoms with van der Waals surface area (Å²) in [6, 6.07) is 10.1. The van der Waals surface area contributed by atoms with Crippen LogP contribution in [0.3, 0.4) is 0 Å². The monoisotopic (exact) mass is 277 g/mol. The lowest BCUT2D eigenvalue weighted by Gasteiger charge is -2.06. The second-order valence-electron chi connectivity index (χ2n) is 3.81. The molecule has 2 aromatic rings. The van der Waals surface area contributed by atoms with Crippen LogP contribution in [0.1, 0.15) is 15.2 Å². The van der Waals surface area contributed by atoms with Crippen LogP contribution >= 0.6 is 11.3 Å². The Kier molecular flexibility index (Phi) is 3.91. The van der Waals surface area contributed by atoms with E-state index in [1.807, 2.05) is 12.1 Å². The van der Waals surface area contributed by atoms with Gasteiger partial charge in [0.15, 0.2) is 5.78 Å². The molecule has 1 heterocycles. The molecule has 2 rings (SSSR count). The van der Waals surface area contributed by atoms with E-state index in [1.54, 1.807) is 19.2 Å². The highest BCUT2D eigenvalue weighted by Gasteiger charge is 2.16. The number of hydrogen-bond donors (Lipinski definition) is 0. The van der Waals surface area contributed by atoms with Crippen molar-refractivity contribution in [3.63, 3.8) is 0 Å². The number of Topliss-reactive ketones (excluding diaryl/α,β-unsaturated/α-hetero) is 1. The largest absolute Gasteiger partial charge is 0.496 e. The Morgan fingerprint density at radius 3 is 2.68 bits per heavy atom. The molecule has 98 valence electrons. The minimum Gasteiger partial charge on any atom is -0.496 e. The Morgan fingerprint density at radius 2 is 2.05 bits per heavy atom. The number of nitro groups is 1. The average Bonchev–Trinajstić information content (AvgIpc) is 2.89. The topological polar surface area (TPSA) is 69.4 Å². The van der Waals surface area contributed by atoms with Crippen LogP contribution in [0.5, 0.6) is 5.75 Å². The quantitative estimate of drug-likeness (QED) is 0.478. The van der Waals surface area contributed by atoms with Gasteiger partial charge in [0, 0.05) is 18.1 Å². The summed E-state index contributed by atoms with van der Waals surface area (Å²) in [5.41, 5.74) is 0.769. The van der Waals surface area contributed by atoms with Crippen LogP contribution in [0.15, 0.2) is 36.4 Å². The summed E-state index contributed by atoms with van der Waals surface area (Å²) in [6.45, 7) is 0. The Balaban J connectivity index is 2.18. The van der Waals surface area contributed by atoms with E-state index in [9.17, 15) is 14.9 Å². The molecule has 0 aliphatic heterocycles. The third kappa shape index (κ3) is 2.97. The van der Waals surface area contributed by atoms with Crippen molar-refractivity contribution >= 4 is 22.1 Å². The molecule has 0 fully saturated rings. The molecule has 6 heteroatoms. The van der Waals surface area contributed by atoms with Crippen molar-refractivity contribution in [2.45, 2.75) is 6.42 Å². The fraction of sp³-hybridized carbons (Fsp3) is 0.154. The van der Waals surface area contributed by atoms with Gasteiger partial charge >= 0.3 is 5.00 Å². The lowest BCUT2D eigenvalue weighted by atomic mass is 10.1. The van der Waals surface area contributed by atoms with E-state index in [2.05, 4.69) is 0 Å². The predicted molar refractivity (Wildman–Crippen MR) is 72.0 cm³/mol. The Hall–Kier alpha value is -2.21. The van der Waals surface area contributed by atoms with Crippen LogP contribution in [-0.2, 0) is 6.42 Å². The Labute approximate surface area is 113 Å². The molecule has 0 amide bonds. The zero-order valence-electron chi connectivity index (χ0n) is 10.2. The molecule has 0 bridgehead atoms. The van der Waals surface area contributed by atoms with Gasteiger partial charge in [0.25, 0.3) is 0 Å². The number of ether oxygens (including phenoxy) is 1. The smallest absolute Gasteiger partial charge is 0.324 e. The summed E-state index contributed by atoms with van der Waals surface area (Å²) in [6.07, 6.45) is 0.168. The number of nitrogens with zero attached hydrogens (tertiary/aromatic N) is 1. The number of thiophene rings is 1. The fourth-order valence-electron chi connectivity index (χ4n) is 1.68. The highest BCUT2D eigenvalue weighted by molar-refractivity contribution is 7.17. The second-order valence-corrected chi connectivity index (χ2v) is 4.87. The van der Waals surface area contributed by atoms with Crippen LogP contribution in [0.25, 0.3) is 0 Å². The van der Waals surface area contributed by atoms with Gasteiger partial charge in [-0.2, -0.15) is 0 Å². The van der Waals surface area contributed by atoms with Gasteiger partial charge in [0.2, 0.25) is 0 Å². The third-order valence-electron chi connectivity index (χ3n) is 2.59. The van der Waals surface area contributed by atoms with Crippen LogP contribution in [0.4, 0.5) is 5.00 Å². The van der Waals surface area contributed by atoms with E-state index in [1.165, 1.54) is 12.1 Å². The molecule has 0 spiro atoms. The molecule has 1 aromatic heterocycles. The van der Waals surface area contributed by atoms with Gasteiger partial charge in [0.1, 0.15) is 5.75 Å². The Morgan fingerprint density at radius 1 is 1.32 bits per heavy atom. The van der Waals surface area contributed by atoms with Crippen molar-refractivity contribution in [1.29, 1.82) is 0 Å². The molecular formula is C13H11NO4S. The summed E-state index contributed by atoms with van der Waals surface area (Å²) in [5, 5.41) is 10.6. The van der Waals surface area contributed by atoms with Crippen molar-refractivity contribution in [1.82, 2.24) is 0 Å². The summed E-state index contributed by atoms with van der Waals surface area (Å²) in [4.78, 5) is 22.5. The van der Waals surface area contributed by atoms with Gasteiger partial charge in [-0.05, 0) is 12.1 Å². The van der Waals surface area contributed by atoms with Crippen LogP contribution in [0, 0.1) is 10.1 Å². The lowest BCUT2D eigenvalue weighted by molar-refractivity contribution is -0.380. The lowest BCUT2D eigenvalue weighted by Crippen LogP contribution is -2.02. The molecule has 0 aliphatic rings. The van der Waals surface area contributed by atoms with Gasteiger partial charge in [-0.1, -0.05) is 29.5 Å². The fourth-order valence-corrected chi connectivity index (χ4v) is 2.44. The molecule has 5 nitrogen and oxygen atoms in total. The van der Waals surface area contributed by atoms with Crippen molar-refractivity contribution in [2.75, 3.05) is 7.11 Å². The van der Waals surface area contributed by atoms with E-state index in [0.29, 0.717) is 10.6 Å². The maximum Gasteiger partial charge on any atom is 0.324 e. The zero-order chi connectivity index (χ0) is 13.8. The number of ketones is 1. The molecule has 1 aromatic carbocycles. The first-order valence-corrected chi connectivity index (χ1v) is 6.33. The van der Waals surface area contributed by atoms with Gasteiger partial charge < -0.3 is 4.74 Å². The number of benzene rings is 1. The molecule has 0 atom stereocenters. The van der Waals surface area contributed by atoms with Gasteiger partial charge in [-0.25, -0.2) is 0 Å². The normalized spacial score (nSPS) is 10.2. The molecular weight excluding hydrogens is 266 g/mol. The van der Waals surface area contributed by atoms with Crippen LogP contribution in [-0.4, -0.2) is 17.8 Å². The van der Waals surface area contributed by atoms with E-state index >= 15 is 0 Å². The molecule has 0 radical (unpaired) electrons. The molecule has 0 unspecified atom stereocenters. The summed E-state index contributed by atoms with van der Waals surface area (Å²) in [5.74, 6) is 0.490. The van der Waals surface area contributed by atoms with Crippen LogP contribution in [0.2, 0.25) is 0 Å². The van der Waals surface area contributed by atoms with E-state index in [-0.39, 0.29) is 17.2 Å². The molecule has 0 aliphatic carbocycles. The number of carbonyl (C=O) groups excluding carboxylic acids is 1. The third-order valence-corrected chi connectivity index (χ3v) is 3.67. The van der Waals surface area contributed by atoms with Crippen molar-refractivity contribution in [2.24, 2.45) is 0 Å². The maximum absolute atomic E-state index is 12.1. The van der Waals surface area contributed by atoms with E-state index in [0.717, 1.165) is 16.9 Å². The second kappa shape index (κ2) is 5.62. The minimum absolute atomic E-state index is 0.0247.